The molecule has 1 aromatic heterocycles. The molecule has 0 radical (unpaired) electrons. The van der Waals surface area contributed by atoms with E-state index in [-0.39, 0.29) is 27.4 Å². The van der Waals surface area contributed by atoms with E-state index in [1.165, 1.54) is 31.4 Å². The molecule has 0 spiro atoms. The van der Waals surface area contributed by atoms with Crippen molar-refractivity contribution >= 4 is 11.2 Å². The van der Waals surface area contributed by atoms with Gasteiger partial charge in [-0.1, -0.05) is 6.07 Å². The normalized spacial score (nSPS) is 13.2. The summed E-state index contributed by atoms with van der Waals surface area (Å²) < 4.78 is 92.2. The molecule has 0 aliphatic heterocycles. The third-order valence-corrected chi connectivity index (χ3v) is 5.20. The van der Waals surface area contributed by atoms with Crippen LogP contribution in [0.4, 0.5) is 26.3 Å². The second kappa shape index (κ2) is 7.75. The first kappa shape index (κ1) is 21.3. The molecule has 154 valence electrons. The molecule has 1 atom stereocenters. The van der Waals surface area contributed by atoms with Crippen molar-refractivity contribution in [1.29, 1.82) is 0 Å². The fourth-order valence-corrected chi connectivity index (χ4v) is 3.50. The third kappa shape index (κ3) is 4.27. The second-order valence-corrected chi connectivity index (χ2v) is 7.61. The Labute approximate surface area is 165 Å². The van der Waals surface area contributed by atoms with E-state index in [2.05, 4.69) is 5.10 Å². The zero-order chi connectivity index (χ0) is 21.5. The molecule has 3 aromatic rings. The van der Waals surface area contributed by atoms with Gasteiger partial charge in [0.25, 0.3) is 6.43 Å². The first-order valence-corrected chi connectivity index (χ1v) is 9.74. The van der Waals surface area contributed by atoms with Gasteiger partial charge >= 0.3 is 6.18 Å². The van der Waals surface area contributed by atoms with Gasteiger partial charge in [0.2, 0.25) is 0 Å². The van der Waals surface area contributed by atoms with E-state index >= 15 is 0 Å². The number of rotatable bonds is 4. The van der Waals surface area contributed by atoms with Gasteiger partial charge in [0.05, 0.1) is 16.9 Å². The second-order valence-electron chi connectivity index (χ2n) is 6.26. The molecule has 0 aliphatic carbocycles. The van der Waals surface area contributed by atoms with Crippen LogP contribution in [0.5, 0.6) is 0 Å². The molecular formula is C19H14F6N2OS. The standard InChI is InChI=1S/C19H14F6N2OS/c1-10-7-11(3-5-13(10)19(23,24)25)16-9-15(18(21)22)26-27(16)12-4-6-17(29(2)28)14(20)8-12/h3-9,18H,1-2H3. The van der Waals surface area contributed by atoms with E-state index in [1.54, 1.807) is 0 Å². The van der Waals surface area contributed by atoms with Crippen LogP contribution in [0.25, 0.3) is 16.9 Å². The van der Waals surface area contributed by atoms with Gasteiger partial charge in [-0.15, -0.1) is 0 Å². The van der Waals surface area contributed by atoms with Crippen molar-refractivity contribution in [1.82, 2.24) is 9.78 Å². The van der Waals surface area contributed by atoms with Crippen LogP contribution in [-0.4, -0.2) is 20.6 Å². The van der Waals surface area contributed by atoms with Gasteiger partial charge in [-0.05, 0) is 54.0 Å². The molecule has 0 N–H and O–H groups in total. The molecule has 0 fully saturated rings. The van der Waals surface area contributed by atoms with E-state index in [0.29, 0.717) is 0 Å². The van der Waals surface area contributed by atoms with Crippen molar-refractivity contribution in [2.24, 2.45) is 0 Å². The van der Waals surface area contributed by atoms with Crippen molar-refractivity contribution in [3.63, 3.8) is 0 Å². The molecule has 3 rings (SSSR count). The van der Waals surface area contributed by atoms with Gasteiger partial charge in [0.1, 0.15) is 11.9 Å². The molecule has 10 heteroatoms. The van der Waals surface area contributed by atoms with Crippen LogP contribution in [0.2, 0.25) is 0 Å². The fourth-order valence-electron chi connectivity index (χ4n) is 2.90. The highest BCUT2D eigenvalue weighted by Gasteiger charge is 2.32. The molecule has 1 unspecified atom stereocenters. The maximum Gasteiger partial charge on any atom is 0.416 e. The predicted octanol–water partition coefficient (Wildman–Crippen LogP) is 5.68. The van der Waals surface area contributed by atoms with Gasteiger partial charge in [-0.3, -0.25) is 0 Å². The SMILES string of the molecule is Cc1cc(-c2cc(C(F)F)nn2-c2ccc([S+](C)[O-])c(F)c2)ccc1C(F)(F)F. The number of alkyl halides is 5. The summed E-state index contributed by atoms with van der Waals surface area (Å²) in [5.74, 6) is -0.813. The van der Waals surface area contributed by atoms with Crippen LogP contribution in [0, 0.1) is 12.7 Å². The number of benzene rings is 2. The Morgan fingerprint density at radius 2 is 1.76 bits per heavy atom. The van der Waals surface area contributed by atoms with Crippen LogP contribution >= 0.6 is 0 Å². The van der Waals surface area contributed by atoms with E-state index in [1.807, 2.05) is 0 Å². The van der Waals surface area contributed by atoms with E-state index in [0.717, 1.165) is 28.9 Å². The highest BCUT2D eigenvalue weighted by molar-refractivity contribution is 7.90. The topological polar surface area (TPSA) is 40.9 Å². The van der Waals surface area contributed by atoms with Crippen LogP contribution in [0.1, 0.15) is 23.2 Å². The molecule has 2 aromatic carbocycles. The Kier molecular flexibility index (Phi) is 5.68. The lowest BCUT2D eigenvalue weighted by Crippen LogP contribution is -2.08. The Balaban J connectivity index is 2.16. The minimum absolute atomic E-state index is 0.0659. The van der Waals surface area contributed by atoms with Gasteiger partial charge in [0.15, 0.2) is 10.7 Å². The first-order chi connectivity index (χ1) is 13.5. The van der Waals surface area contributed by atoms with Gasteiger partial charge in [-0.2, -0.15) is 18.3 Å². The molecular weight excluding hydrogens is 418 g/mol. The van der Waals surface area contributed by atoms with Gasteiger partial charge < -0.3 is 4.55 Å². The Bertz CT molecular complexity index is 1050. The van der Waals surface area contributed by atoms with Gasteiger partial charge in [-0.25, -0.2) is 17.9 Å². The summed E-state index contributed by atoms with van der Waals surface area (Å²) in [5.41, 5.74) is -1.20. The fraction of sp³-hybridized carbons (Fsp3) is 0.211. The zero-order valence-electron chi connectivity index (χ0n) is 15.1. The monoisotopic (exact) mass is 432 g/mol. The summed E-state index contributed by atoms with van der Waals surface area (Å²) in [4.78, 5) is -0.0677. The summed E-state index contributed by atoms with van der Waals surface area (Å²) in [7, 11) is 0. The molecule has 29 heavy (non-hydrogen) atoms. The van der Waals surface area contributed by atoms with Crippen molar-refractivity contribution in [3.05, 3.63) is 65.1 Å². The maximum atomic E-state index is 14.2. The summed E-state index contributed by atoms with van der Waals surface area (Å²) in [6.07, 6.45) is -6.19. The van der Waals surface area contributed by atoms with E-state index in [9.17, 15) is 30.9 Å². The van der Waals surface area contributed by atoms with E-state index < -0.39 is 40.9 Å². The largest absolute Gasteiger partial charge is 0.612 e. The minimum Gasteiger partial charge on any atom is -0.612 e. The predicted molar refractivity (Wildman–Crippen MR) is 96.0 cm³/mol. The van der Waals surface area contributed by atoms with Crippen molar-refractivity contribution in [2.75, 3.05) is 6.26 Å². The lowest BCUT2D eigenvalue weighted by Gasteiger charge is -2.13. The minimum atomic E-state index is -4.55. The van der Waals surface area contributed by atoms with Crippen molar-refractivity contribution in [2.45, 2.75) is 24.4 Å². The number of aryl methyl sites for hydroxylation is 1. The number of halogens is 6. The van der Waals surface area contributed by atoms with Crippen molar-refractivity contribution < 1.29 is 30.9 Å². The average Bonchev–Trinajstić information content (AvgIpc) is 3.05. The van der Waals surface area contributed by atoms with Crippen LogP contribution in [0.3, 0.4) is 0 Å². The first-order valence-electron chi connectivity index (χ1n) is 8.18. The summed E-state index contributed by atoms with van der Waals surface area (Å²) in [6.45, 7) is 1.26. The van der Waals surface area contributed by atoms with E-state index in [4.69, 9.17) is 0 Å². The van der Waals surface area contributed by atoms with Gasteiger partial charge in [0, 0.05) is 11.6 Å². The molecule has 0 amide bonds. The Morgan fingerprint density at radius 3 is 2.28 bits per heavy atom. The van der Waals surface area contributed by atoms with Crippen LogP contribution < -0.4 is 0 Å². The zero-order valence-corrected chi connectivity index (χ0v) is 15.9. The number of hydrogen-bond donors (Lipinski definition) is 0. The lowest BCUT2D eigenvalue weighted by atomic mass is 10.0. The Morgan fingerprint density at radius 1 is 1.07 bits per heavy atom. The van der Waals surface area contributed by atoms with Crippen molar-refractivity contribution in [3.8, 4) is 16.9 Å². The maximum absolute atomic E-state index is 14.2. The molecule has 1 heterocycles. The highest BCUT2D eigenvalue weighted by atomic mass is 32.2. The number of aromatic nitrogens is 2. The Hall–Kier alpha value is -2.46. The summed E-state index contributed by atoms with van der Waals surface area (Å²) >= 11 is -1.59. The number of nitrogens with zero attached hydrogens (tertiary/aromatic N) is 2. The average molecular weight is 432 g/mol. The summed E-state index contributed by atoms with van der Waals surface area (Å²) in [5, 5.41) is 3.77. The molecule has 0 aliphatic rings. The quantitative estimate of drug-likeness (QED) is 0.393. The molecule has 3 nitrogen and oxygen atoms in total. The number of hydrogen-bond acceptors (Lipinski definition) is 2. The molecule has 0 saturated heterocycles. The highest BCUT2D eigenvalue weighted by Crippen LogP contribution is 2.35. The lowest BCUT2D eigenvalue weighted by molar-refractivity contribution is -0.138. The summed E-state index contributed by atoms with van der Waals surface area (Å²) in [6, 6.07) is 7.82. The molecule has 0 bridgehead atoms. The third-order valence-electron chi connectivity index (χ3n) is 4.25. The smallest absolute Gasteiger partial charge is 0.416 e. The van der Waals surface area contributed by atoms with Crippen LogP contribution in [-0.2, 0) is 17.4 Å². The van der Waals surface area contributed by atoms with Crippen LogP contribution in [0.15, 0.2) is 47.4 Å². The molecule has 0 saturated carbocycles.